The molecule has 0 bridgehead atoms. The van der Waals surface area contributed by atoms with Crippen LogP contribution in [0.2, 0.25) is 0 Å². The van der Waals surface area contributed by atoms with Gasteiger partial charge in [-0.05, 0) is 17.7 Å². The standard InChI is InChI=1S/C13H11FN2O/c14-12(9-17)8-10-2-4-11(5-3-10)13-15-6-1-7-16-13/h1-8,17H,9H2. The molecule has 4 heteroatoms. The Balaban J connectivity index is 2.25. The maximum Gasteiger partial charge on any atom is 0.159 e. The molecule has 17 heavy (non-hydrogen) atoms. The Labute approximate surface area is 98.3 Å². The van der Waals surface area contributed by atoms with Gasteiger partial charge in [-0.15, -0.1) is 0 Å². The topological polar surface area (TPSA) is 46.0 Å². The fourth-order valence-electron chi connectivity index (χ4n) is 1.40. The number of benzene rings is 1. The van der Waals surface area contributed by atoms with Gasteiger partial charge in [0, 0.05) is 18.0 Å². The molecule has 1 N–H and O–H groups in total. The van der Waals surface area contributed by atoms with Gasteiger partial charge in [0.15, 0.2) is 5.82 Å². The van der Waals surface area contributed by atoms with Crippen molar-refractivity contribution in [3.63, 3.8) is 0 Å². The first-order valence-corrected chi connectivity index (χ1v) is 5.14. The molecule has 2 aromatic rings. The quantitative estimate of drug-likeness (QED) is 0.880. The van der Waals surface area contributed by atoms with E-state index in [1.165, 1.54) is 6.08 Å². The molecule has 0 saturated carbocycles. The van der Waals surface area contributed by atoms with Crippen molar-refractivity contribution in [1.82, 2.24) is 9.97 Å². The van der Waals surface area contributed by atoms with Gasteiger partial charge < -0.3 is 5.11 Å². The van der Waals surface area contributed by atoms with E-state index in [9.17, 15) is 4.39 Å². The van der Waals surface area contributed by atoms with Crippen LogP contribution in [0.1, 0.15) is 5.56 Å². The Morgan fingerprint density at radius 3 is 2.41 bits per heavy atom. The zero-order valence-corrected chi connectivity index (χ0v) is 9.05. The van der Waals surface area contributed by atoms with Crippen LogP contribution in [0.25, 0.3) is 17.5 Å². The molecule has 0 radical (unpaired) electrons. The summed E-state index contributed by atoms with van der Waals surface area (Å²) in [5.74, 6) is 0.0689. The van der Waals surface area contributed by atoms with Gasteiger partial charge in [-0.25, -0.2) is 14.4 Å². The molecule has 1 heterocycles. The first-order chi connectivity index (χ1) is 8.29. The van der Waals surface area contributed by atoms with Gasteiger partial charge >= 0.3 is 0 Å². The number of hydrogen-bond donors (Lipinski definition) is 1. The van der Waals surface area contributed by atoms with Crippen molar-refractivity contribution in [1.29, 1.82) is 0 Å². The molecule has 0 spiro atoms. The molecule has 0 fully saturated rings. The van der Waals surface area contributed by atoms with Crippen LogP contribution in [0.15, 0.2) is 48.6 Å². The lowest BCUT2D eigenvalue weighted by atomic mass is 10.1. The highest BCUT2D eigenvalue weighted by Gasteiger charge is 1.99. The highest BCUT2D eigenvalue weighted by molar-refractivity contribution is 5.60. The molecule has 0 unspecified atom stereocenters. The SMILES string of the molecule is OCC(F)=Cc1ccc(-c2ncccn2)cc1. The number of aliphatic hydroxyl groups is 1. The predicted octanol–water partition coefficient (Wildman–Crippen LogP) is 2.45. The lowest BCUT2D eigenvalue weighted by Gasteiger charge is -2.00. The van der Waals surface area contributed by atoms with Gasteiger partial charge in [-0.1, -0.05) is 24.3 Å². The molecule has 1 aromatic carbocycles. The third-order valence-electron chi connectivity index (χ3n) is 2.21. The Hall–Kier alpha value is -2.07. The van der Waals surface area contributed by atoms with Crippen LogP contribution >= 0.6 is 0 Å². The average Bonchev–Trinajstić information content (AvgIpc) is 2.40. The van der Waals surface area contributed by atoms with Gasteiger partial charge in [0.2, 0.25) is 0 Å². The van der Waals surface area contributed by atoms with E-state index in [1.54, 1.807) is 30.6 Å². The normalized spacial score (nSPS) is 11.5. The summed E-state index contributed by atoms with van der Waals surface area (Å²) in [5.41, 5.74) is 1.56. The largest absolute Gasteiger partial charge is 0.389 e. The maximum atomic E-state index is 12.8. The number of halogens is 1. The summed E-state index contributed by atoms with van der Waals surface area (Å²) in [6.07, 6.45) is 4.62. The fraction of sp³-hybridized carbons (Fsp3) is 0.0769. The fourth-order valence-corrected chi connectivity index (χ4v) is 1.40. The number of aromatic nitrogens is 2. The zero-order valence-electron chi connectivity index (χ0n) is 9.05. The minimum absolute atomic E-state index is 0.561. The third-order valence-corrected chi connectivity index (χ3v) is 2.21. The number of aliphatic hydroxyl groups excluding tert-OH is 1. The van der Waals surface area contributed by atoms with Gasteiger partial charge in [0.25, 0.3) is 0 Å². The van der Waals surface area contributed by atoms with Crippen molar-refractivity contribution in [2.45, 2.75) is 0 Å². The van der Waals surface area contributed by atoms with Crippen molar-refractivity contribution < 1.29 is 9.50 Å². The number of rotatable bonds is 3. The van der Waals surface area contributed by atoms with Gasteiger partial charge in [-0.3, -0.25) is 0 Å². The van der Waals surface area contributed by atoms with Crippen molar-refractivity contribution in [2.24, 2.45) is 0 Å². The molecule has 1 aromatic heterocycles. The van der Waals surface area contributed by atoms with E-state index in [-0.39, 0.29) is 0 Å². The molecule has 3 nitrogen and oxygen atoms in total. The summed E-state index contributed by atoms with van der Waals surface area (Å²) < 4.78 is 12.8. The molecular formula is C13H11FN2O. The summed E-state index contributed by atoms with van der Waals surface area (Å²) in [4.78, 5) is 8.23. The Morgan fingerprint density at radius 1 is 1.18 bits per heavy atom. The van der Waals surface area contributed by atoms with E-state index in [0.29, 0.717) is 11.4 Å². The molecule has 0 aliphatic rings. The molecule has 0 atom stereocenters. The van der Waals surface area contributed by atoms with Crippen LogP contribution in [0, 0.1) is 0 Å². The Bertz CT molecular complexity index is 509. The summed E-state index contributed by atoms with van der Waals surface area (Å²) >= 11 is 0. The molecule has 0 aliphatic carbocycles. The van der Waals surface area contributed by atoms with E-state index in [2.05, 4.69) is 9.97 Å². The van der Waals surface area contributed by atoms with Crippen LogP contribution in [-0.2, 0) is 0 Å². The highest BCUT2D eigenvalue weighted by Crippen LogP contribution is 2.16. The second-order valence-electron chi connectivity index (χ2n) is 3.44. The van der Waals surface area contributed by atoms with E-state index in [4.69, 9.17) is 5.11 Å². The summed E-state index contributed by atoms with van der Waals surface area (Å²) in [6.45, 7) is -0.580. The van der Waals surface area contributed by atoms with Crippen molar-refractivity contribution >= 4 is 6.08 Å². The lowest BCUT2D eigenvalue weighted by Crippen LogP contribution is -1.87. The lowest BCUT2D eigenvalue weighted by molar-refractivity contribution is 0.300. The van der Waals surface area contributed by atoms with Crippen molar-refractivity contribution in [2.75, 3.05) is 6.61 Å². The monoisotopic (exact) mass is 230 g/mol. The van der Waals surface area contributed by atoms with Gasteiger partial charge in [0.1, 0.15) is 5.83 Å². The third kappa shape index (κ3) is 2.95. The van der Waals surface area contributed by atoms with Crippen LogP contribution in [-0.4, -0.2) is 21.7 Å². The van der Waals surface area contributed by atoms with Crippen LogP contribution < -0.4 is 0 Å². The smallest absolute Gasteiger partial charge is 0.159 e. The number of nitrogens with zero attached hydrogens (tertiary/aromatic N) is 2. The molecule has 0 saturated heterocycles. The van der Waals surface area contributed by atoms with Gasteiger partial charge in [-0.2, -0.15) is 0 Å². The first-order valence-electron chi connectivity index (χ1n) is 5.14. The first kappa shape index (κ1) is 11.4. The average molecular weight is 230 g/mol. The minimum atomic E-state index is -0.580. The van der Waals surface area contributed by atoms with Crippen LogP contribution in [0.3, 0.4) is 0 Å². The van der Waals surface area contributed by atoms with E-state index < -0.39 is 12.4 Å². The second-order valence-corrected chi connectivity index (χ2v) is 3.44. The molecular weight excluding hydrogens is 219 g/mol. The predicted molar refractivity (Wildman–Crippen MR) is 63.6 cm³/mol. The number of hydrogen-bond acceptors (Lipinski definition) is 3. The van der Waals surface area contributed by atoms with E-state index >= 15 is 0 Å². The minimum Gasteiger partial charge on any atom is -0.389 e. The molecule has 86 valence electrons. The van der Waals surface area contributed by atoms with Crippen LogP contribution in [0.4, 0.5) is 4.39 Å². The molecule has 2 rings (SSSR count). The summed E-state index contributed by atoms with van der Waals surface area (Å²) in [6, 6.07) is 8.87. The van der Waals surface area contributed by atoms with Gasteiger partial charge in [0.05, 0.1) is 6.61 Å². The van der Waals surface area contributed by atoms with E-state index in [0.717, 1.165) is 5.56 Å². The summed E-state index contributed by atoms with van der Waals surface area (Å²) in [5, 5.41) is 8.57. The maximum absolute atomic E-state index is 12.8. The second kappa shape index (κ2) is 5.32. The Morgan fingerprint density at radius 2 is 1.82 bits per heavy atom. The zero-order chi connectivity index (χ0) is 12.1. The molecule has 0 aliphatic heterocycles. The summed E-state index contributed by atoms with van der Waals surface area (Å²) in [7, 11) is 0. The van der Waals surface area contributed by atoms with Crippen molar-refractivity contribution in [3.05, 3.63) is 54.1 Å². The van der Waals surface area contributed by atoms with Crippen molar-refractivity contribution in [3.8, 4) is 11.4 Å². The molecule has 0 amide bonds. The highest BCUT2D eigenvalue weighted by atomic mass is 19.1. The Kier molecular flexibility index (Phi) is 3.57. The van der Waals surface area contributed by atoms with Crippen LogP contribution in [0.5, 0.6) is 0 Å². The van der Waals surface area contributed by atoms with E-state index in [1.807, 2.05) is 12.1 Å².